The Hall–Kier alpha value is -2.24. The lowest BCUT2D eigenvalue weighted by atomic mass is 10.1. The van der Waals surface area contributed by atoms with Gasteiger partial charge >= 0.3 is 0 Å². The zero-order chi connectivity index (χ0) is 18.2. The number of halogens is 1. The number of nitrogens with zero attached hydrogens (tertiary/aromatic N) is 2. The van der Waals surface area contributed by atoms with Gasteiger partial charge in [-0.25, -0.2) is 4.39 Å². The summed E-state index contributed by atoms with van der Waals surface area (Å²) in [4.78, 5) is 16.7. The molecule has 1 heterocycles. The predicted molar refractivity (Wildman–Crippen MR) is 101 cm³/mol. The van der Waals surface area contributed by atoms with Gasteiger partial charge in [-0.1, -0.05) is 48.5 Å². The second kappa shape index (κ2) is 9.46. The van der Waals surface area contributed by atoms with E-state index in [4.69, 9.17) is 0 Å². The molecule has 26 heavy (non-hydrogen) atoms. The molecule has 0 radical (unpaired) electrons. The van der Waals surface area contributed by atoms with E-state index in [1.807, 2.05) is 6.07 Å². The molecule has 1 fully saturated rings. The van der Waals surface area contributed by atoms with Crippen LogP contribution < -0.4 is 5.32 Å². The Bertz CT molecular complexity index is 699. The van der Waals surface area contributed by atoms with Crippen LogP contribution in [0.3, 0.4) is 0 Å². The lowest BCUT2D eigenvalue weighted by Gasteiger charge is -2.34. The van der Waals surface area contributed by atoms with Crippen molar-refractivity contribution in [3.8, 4) is 0 Å². The summed E-state index contributed by atoms with van der Waals surface area (Å²) in [7, 11) is 0. The molecule has 0 unspecified atom stereocenters. The summed E-state index contributed by atoms with van der Waals surface area (Å²) in [5.41, 5.74) is 1.88. The fourth-order valence-electron chi connectivity index (χ4n) is 3.20. The van der Waals surface area contributed by atoms with E-state index in [2.05, 4.69) is 39.4 Å². The van der Waals surface area contributed by atoms with Gasteiger partial charge in [-0.2, -0.15) is 0 Å². The molecule has 1 saturated heterocycles. The summed E-state index contributed by atoms with van der Waals surface area (Å²) in [6, 6.07) is 17.1. The van der Waals surface area contributed by atoms with Crippen LogP contribution in [-0.2, 0) is 17.8 Å². The van der Waals surface area contributed by atoms with Crippen molar-refractivity contribution in [2.45, 2.75) is 13.0 Å². The van der Waals surface area contributed by atoms with E-state index in [1.54, 1.807) is 18.2 Å². The molecule has 0 aliphatic carbocycles. The summed E-state index contributed by atoms with van der Waals surface area (Å²) in [6.45, 7) is 5.41. The number of carbonyl (C=O) groups is 1. The summed E-state index contributed by atoms with van der Waals surface area (Å²) in [5.74, 6) is -0.328. The first kappa shape index (κ1) is 18.5. The first-order valence-corrected chi connectivity index (χ1v) is 9.19. The van der Waals surface area contributed by atoms with Gasteiger partial charge in [0.25, 0.3) is 0 Å². The molecule has 0 spiro atoms. The van der Waals surface area contributed by atoms with E-state index >= 15 is 0 Å². The fourth-order valence-corrected chi connectivity index (χ4v) is 3.20. The van der Waals surface area contributed by atoms with Gasteiger partial charge in [-0.05, 0) is 18.1 Å². The van der Waals surface area contributed by atoms with Gasteiger partial charge in [0.2, 0.25) is 5.91 Å². The molecular formula is C21H26FN3O. The number of amides is 1. The second-order valence-corrected chi connectivity index (χ2v) is 6.72. The summed E-state index contributed by atoms with van der Waals surface area (Å²) in [5, 5.41) is 2.81. The third kappa shape index (κ3) is 5.64. The van der Waals surface area contributed by atoms with Gasteiger partial charge in [0.1, 0.15) is 5.82 Å². The number of rotatable bonds is 7. The van der Waals surface area contributed by atoms with Crippen LogP contribution in [0, 0.1) is 5.82 Å². The van der Waals surface area contributed by atoms with Crippen molar-refractivity contribution >= 4 is 5.91 Å². The Balaban J connectivity index is 1.34. The van der Waals surface area contributed by atoms with Crippen molar-refractivity contribution in [2.75, 3.05) is 39.3 Å². The van der Waals surface area contributed by atoms with E-state index < -0.39 is 0 Å². The van der Waals surface area contributed by atoms with Gasteiger partial charge in [0.15, 0.2) is 0 Å². The zero-order valence-electron chi connectivity index (χ0n) is 15.0. The van der Waals surface area contributed by atoms with Crippen molar-refractivity contribution in [2.24, 2.45) is 0 Å². The van der Waals surface area contributed by atoms with Crippen LogP contribution in [0.25, 0.3) is 0 Å². The highest BCUT2D eigenvalue weighted by molar-refractivity contribution is 5.78. The van der Waals surface area contributed by atoms with Crippen LogP contribution in [-0.4, -0.2) is 55.0 Å². The minimum atomic E-state index is -0.278. The molecule has 0 aromatic heterocycles. The van der Waals surface area contributed by atoms with Gasteiger partial charge in [0.05, 0.1) is 6.54 Å². The second-order valence-electron chi connectivity index (χ2n) is 6.72. The highest BCUT2D eigenvalue weighted by atomic mass is 19.1. The number of carbonyl (C=O) groups excluding carboxylic acids is 1. The maximum absolute atomic E-state index is 13.6. The lowest BCUT2D eigenvalue weighted by molar-refractivity contribution is -0.122. The number of hydrogen-bond acceptors (Lipinski definition) is 3. The molecule has 4 nitrogen and oxygen atoms in total. The molecule has 0 saturated carbocycles. The van der Waals surface area contributed by atoms with E-state index in [-0.39, 0.29) is 18.3 Å². The van der Waals surface area contributed by atoms with Gasteiger partial charge in [0, 0.05) is 44.8 Å². The Morgan fingerprint density at radius 2 is 1.58 bits per heavy atom. The van der Waals surface area contributed by atoms with Crippen molar-refractivity contribution < 1.29 is 9.18 Å². The van der Waals surface area contributed by atoms with Crippen LogP contribution in [0.5, 0.6) is 0 Å². The standard InChI is InChI=1S/C21H26FN3O/c22-20-9-5-4-8-19(20)16-23-21(26)17-25-14-12-24(13-15-25)11-10-18-6-2-1-3-7-18/h1-9H,10-17H2,(H,23,26). The maximum atomic E-state index is 13.6. The normalized spacial score (nSPS) is 15.7. The molecular weight excluding hydrogens is 329 g/mol. The largest absolute Gasteiger partial charge is 0.351 e. The van der Waals surface area contributed by atoms with Crippen molar-refractivity contribution in [1.82, 2.24) is 15.1 Å². The Morgan fingerprint density at radius 3 is 2.31 bits per heavy atom. The number of nitrogens with one attached hydrogen (secondary N) is 1. The molecule has 1 amide bonds. The topological polar surface area (TPSA) is 35.6 Å². The molecule has 1 aliphatic heterocycles. The minimum absolute atomic E-state index is 0.0500. The average molecular weight is 355 g/mol. The Morgan fingerprint density at radius 1 is 0.923 bits per heavy atom. The predicted octanol–water partition coefficient (Wildman–Crippen LogP) is 2.30. The first-order valence-electron chi connectivity index (χ1n) is 9.19. The third-order valence-corrected chi connectivity index (χ3v) is 4.83. The molecule has 138 valence electrons. The highest BCUT2D eigenvalue weighted by Gasteiger charge is 2.18. The Labute approximate surface area is 154 Å². The quantitative estimate of drug-likeness (QED) is 0.828. The van der Waals surface area contributed by atoms with Crippen LogP contribution in [0.2, 0.25) is 0 Å². The van der Waals surface area contributed by atoms with E-state index in [0.29, 0.717) is 12.1 Å². The number of benzene rings is 2. The highest BCUT2D eigenvalue weighted by Crippen LogP contribution is 2.07. The third-order valence-electron chi connectivity index (χ3n) is 4.83. The molecule has 3 rings (SSSR count). The molecule has 0 atom stereocenters. The molecule has 2 aromatic rings. The summed E-state index contributed by atoms with van der Waals surface area (Å²) in [6.07, 6.45) is 1.06. The molecule has 2 aromatic carbocycles. The molecule has 5 heteroatoms. The molecule has 0 bridgehead atoms. The van der Waals surface area contributed by atoms with Crippen LogP contribution in [0.15, 0.2) is 54.6 Å². The van der Waals surface area contributed by atoms with Crippen LogP contribution in [0.4, 0.5) is 4.39 Å². The fraction of sp³-hybridized carbons (Fsp3) is 0.381. The smallest absolute Gasteiger partial charge is 0.234 e. The van der Waals surface area contributed by atoms with Crippen molar-refractivity contribution in [1.29, 1.82) is 0 Å². The zero-order valence-corrected chi connectivity index (χ0v) is 15.0. The van der Waals surface area contributed by atoms with Gasteiger partial charge < -0.3 is 10.2 Å². The average Bonchev–Trinajstić information content (AvgIpc) is 2.68. The molecule has 1 aliphatic rings. The van der Waals surface area contributed by atoms with E-state index in [0.717, 1.165) is 39.1 Å². The molecule has 1 N–H and O–H groups in total. The van der Waals surface area contributed by atoms with Gasteiger partial charge in [-0.3, -0.25) is 9.69 Å². The summed E-state index contributed by atoms with van der Waals surface area (Å²) >= 11 is 0. The minimum Gasteiger partial charge on any atom is -0.351 e. The van der Waals surface area contributed by atoms with Crippen molar-refractivity contribution in [3.63, 3.8) is 0 Å². The number of piperazine rings is 1. The number of hydrogen-bond donors (Lipinski definition) is 1. The first-order chi connectivity index (χ1) is 12.7. The van der Waals surface area contributed by atoms with Gasteiger partial charge in [-0.15, -0.1) is 0 Å². The monoisotopic (exact) mass is 355 g/mol. The van der Waals surface area contributed by atoms with Crippen LogP contribution >= 0.6 is 0 Å². The van der Waals surface area contributed by atoms with Crippen molar-refractivity contribution in [3.05, 3.63) is 71.5 Å². The van der Waals surface area contributed by atoms with Crippen LogP contribution in [0.1, 0.15) is 11.1 Å². The van der Waals surface area contributed by atoms with E-state index in [9.17, 15) is 9.18 Å². The van der Waals surface area contributed by atoms with E-state index in [1.165, 1.54) is 11.6 Å². The Kier molecular flexibility index (Phi) is 6.75. The summed E-state index contributed by atoms with van der Waals surface area (Å²) < 4.78 is 13.6. The maximum Gasteiger partial charge on any atom is 0.234 e. The lowest BCUT2D eigenvalue weighted by Crippen LogP contribution is -2.49. The SMILES string of the molecule is O=C(CN1CCN(CCc2ccccc2)CC1)NCc1ccccc1F.